The smallest absolute Gasteiger partial charge is 0.0491 e. The SMILES string of the molecule is Cc1ccccc1CN(C)C1CCCCC1Cl. The quantitative estimate of drug-likeness (QED) is 0.735. The maximum Gasteiger partial charge on any atom is 0.0491 e. The molecule has 0 aromatic heterocycles. The van der Waals surface area contributed by atoms with Crippen molar-refractivity contribution in [2.24, 2.45) is 0 Å². The van der Waals surface area contributed by atoms with Crippen LogP contribution in [0.2, 0.25) is 0 Å². The number of alkyl halides is 1. The summed E-state index contributed by atoms with van der Waals surface area (Å²) in [5.74, 6) is 0. The van der Waals surface area contributed by atoms with Crippen molar-refractivity contribution in [1.29, 1.82) is 0 Å². The Bertz CT molecular complexity index is 364. The van der Waals surface area contributed by atoms with Crippen LogP contribution in [-0.2, 0) is 6.54 Å². The molecule has 2 rings (SSSR count). The van der Waals surface area contributed by atoms with E-state index < -0.39 is 0 Å². The van der Waals surface area contributed by atoms with Gasteiger partial charge in [-0.25, -0.2) is 0 Å². The zero-order valence-electron chi connectivity index (χ0n) is 10.8. The lowest BCUT2D eigenvalue weighted by Crippen LogP contribution is -2.40. The monoisotopic (exact) mass is 251 g/mol. The Balaban J connectivity index is 2.01. The Labute approximate surface area is 110 Å². The minimum absolute atomic E-state index is 0.331. The first-order valence-corrected chi connectivity index (χ1v) is 7.01. The summed E-state index contributed by atoms with van der Waals surface area (Å²) >= 11 is 6.44. The zero-order chi connectivity index (χ0) is 12.3. The molecule has 1 aliphatic carbocycles. The highest BCUT2D eigenvalue weighted by Gasteiger charge is 2.26. The summed E-state index contributed by atoms with van der Waals surface area (Å²) in [7, 11) is 2.21. The van der Waals surface area contributed by atoms with Crippen LogP contribution in [0.25, 0.3) is 0 Å². The standard InChI is InChI=1S/C15H22ClN/c1-12-7-3-4-8-13(12)11-17(2)15-10-6-5-9-14(15)16/h3-4,7-8,14-15H,5-6,9-11H2,1-2H3. The van der Waals surface area contributed by atoms with Gasteiger partial charge in [-0.2, -0.15) is 0 Å². The van der Waals surface area contributed by atoms with E-state index in [-0.39, 0.29) is 0 Å². The molecule has 0 heterocycles. The van der Waals surface area contributed by atoms with Gasteiger partial charge in [0.15, 0.2) is 0 Å². The first-order chi connectivity index (χ1) is 8.18. The first-order valence-electron chi connectivity index (χ1n) is 6.57. The lowest BCUT2D eigenvalue weighted by Gasteiger charge is -2.35. The van der Waals surface area contributed by atoms with Crippen molar-refractivity contribution in [2.45, 2.75) is 50.6 Å². The Morgan fingerprint density at radius 1 is 1.24 bits per heavy atom. The molecule has 1 aliphatic rings. The van der Waals surface area contributed by atoms with Crippen LogP contribution in [0.4, 0.5) is 0 Å². The molecule has 0 saturated heterocycles. The van der Waals surface area contributed by atoms with Gasteiger partial charge in [0.1, 0.15) is 0 Å². The summed E-state index contributed by atoms with van der Waals surface area (Å²) in [4.78, 5) is 2.43. The van der Waals surface area contributed by atoms with Gasteiger partial charge in [-0.05, 0) is 37.9 Å². The third-order valence-electron chi connectivity index (χ3n) is 3.89. The highest BCUT2D eigenvalue weighted by Crippen LogP contribution is 2.27. The molecule has 0 amide bonds. The van der Waals surface area contributed by atoms with E-state index in [1.165, 1.54) is 36.8 Å². The van der Waals surface area contributed by atoms with Crippen LogP contribution in [0, 0.1) is 6.92 Å². The second-order valence-electron chi connectivity index (χ2n) is 5.21. The number of aryl methyl sites for hydroxylation is 1. The molecule has 1 nitrogen and oxygen atoms in total. The van der Waals surface area contributed by atoms with Crippen LogP contribution in [0.1, 0.15) is 36.8 Å². The first kappa shape index (κ1) is 12.9. The number of halogens is 1. The molecule has 2 atom stereocenters. The van der Waals surface area contributed by atoms with Gasteiger partial charge in [0.05, 0.1) is 0 Å². The minimum Gasteiger partial charge on any atom is -0.298 e. The molecule has 2 unspecified atom stereocenters. The number of benzene rings is 1. The van der Waals surface area contributed by atoms with Crippen molar-refractivity contribution in [3.8, 4) is 0 Å². The average Bonchev–Trinajstić information content (AvgIpc) is 2.32. The van der Waals surface area contributed by atoms with E-state index >= 15 is 0 Å². The van der Waals surface area contributed by atoms with Gasteiger partial charge in [-0.15, -0.1) is 11.6 Å². The molecule has 0 N–H and O–H groups in total. The predicted molar refractivity (Wildman–Crippen MR) is 74.5 cm³/mol. The lowest BCUT2D eigenvalue weighted by molar-refractivity contribution is 0.188. The Morgan fingerprint density at radius 3 is 2.65 bits per heavy atom. The Morgan fingerprint density at radius 2 is 1.94 bits per heavy atom. The van der Waals surface area contributed by atoms with Crippen molar-refractivity contribution in [3.05, 3.63) is 35.4 Å². The van der Waals surface area contributed by atoms with Gasteiger partial charge in [0.2, 0.25) is 0 Å². The van der Waals surface area contributed by atoms with Gasteiger partial charge < -0.3 is 0 Å². The summed E-state index contributed by atoms with van der Waals surface area (Å²) in [6.07, 6.45) is 5.04. The topological polar surface area (TPSA) is 3.24 Å². The molecule has 17 heavy (non-hydrogen) atoms. The van der Waals surface area contributed by atoms with Crippen molar-refractivity contribution in [1.82, 2.24) is 4.90 Å². The van der Waals surface area contributed by atoms with Crippen molar-refractivity contribution < 1.29 is 0 Å². The second-order valence-corrected chi connectivity index (χ2v) is 5.77. The maximum atomic E-state index is 6.44. The van der Waals surface area contributed by atoms with Crippen molar-refractivity contribution in [2.75, 3.05) is 7.05 Å². The van der Waals surface area contributed by atoms with Gasteiger partial charge in [0, 0.05) is 18.0 Å². The maximum absolute atomic E-state index is 6.44. The van der Waals surface area contributed by atoms with Crippen LogP contribution in [0.15, 0.2) is 24.3 Å². The van der Waals surface area contributed by atoms with Crippen LogP contribution in [0.5, 0.6) is 0 Å². The predicted octanol–water partition coefficient (Wildman–Crippen LogP) is 3.98. The average molecular weight is 252 g/mol. The molecule has 1 aromatic rings. The highest BCUT2D eigenvalue weighted by molar-refractivity contribution is 6.21. The normalized spacial score (nSPS) is 25.2. The van der Waals surface area contributed by atoms with Gasteiger partial charge in [-0.3, -0.25) is 4.90 Å². The number of hydrogen-bond acceptors (Lipinski definition) is 1. The molecule has 0 spiro atoms. The van der Waals surface area contributed by atoms with Crippen LogP contribution in [0.3, 0.4) is 0 Å². The van der Waals surface area contributed by atoms with Gasteiger partial charge >= 0.3 is 0 Å². The minimum atomic E-state index is 0.331. The van der Waals surface area contributed by atoms with Crippen LogP contribution in [-0.4, -0.2) is 23.4 Å². The summed E-state index contributed by atoms with van der Waals surface area (Å²) in [6, 6.07) is 9.17. The largest absolute Gasteiger partial charge is 0.298 e. The summed E-state index contributed by atoms with van der Waals surface area (Å²) < 4.78 is 0. The summed E-state index contributed by atoms with van der Waals surface area (Å²) in [5, 5.41) is 0.331. The highest BCUT2D eigenvalue weighted by atomic mass is 35.5. The van der Waals surface area contributed by atoms with E-state index in [0.717, 1.165) is 6.54 Å². The summed E-state index contributed by atoms with van der Waals surface area (Å²) in [6.45, 7) is 3.20. The van der Waals surface area contributed by atoms with Gasteiger partial charge in [-0.1, -0.05) is 37.1 Å². The third-order valence-corrected chi connectivity index (χ3v) is 4.40. The van der Waals surface area contributed by atoms with Gasteiger partial charge in [0.25, 0.3) is 0 Å². The number of nitrogens with zero attached hydrogens (tertiary/aromatic N) is 1. The fourth-order valence-electron chi connectivity index (χ4n) is 2.74. The van der Waals surface area contributed by atoms with E-state index in [9.17, 15) is 0 Å². The van der Waals surface area contributed by atoms with E-state index in [2.05, 4.69) is 43.1 Å². The molecule has 0 radical (unpaired) electrons. The molecule has 0 aliphatic heterocycles. The van der Waals surface area contributed by atoms with E-state index in [4.69, 9.17) is 11.6 Å². The van der Waals surface area contributed by atoms with E-state index in [1.54, 1.807) is 0 Å². The number of hydrogen-bond donors (Lipinski definition) is 0. The molecule has 1 fully saturated rings. The van der Waals surface area contributed by atoms with E-state index in [0.29, 0.717) is 11.4 Å². The molecule has 1 aromatic carbocycles. The zero-order valence-corrected chi connectivity index (χ0v) is 11.6. The van der Waals surface area contributed by atoms with Crippen molar-refractivity contribution in [3.63, 3.8) is 0 Å². The Hall–Kier alpha value is -0.530. The molecular weight excluding hydrogens is 230 g/mol. The molecule has 0 bridgehead atoms. The molecular formula is C15H22ClN. The second kappa shape index (κ2) is 5.88. The molecule has 1 saturated carbocycles. The molecule has 2 heteroatoms. The lowest BCUT2D eigenvalue weighted by atomic mass is 9.93. The van der Waals surface area contributed by atoms with Crippen LogP contribution >= 0.6 is 11.6 Å². The Kier molecular flexibility index (Phi) is 4.47. The fourth-order valence-corrected chi connectivity index (χ4v) is 3.21. The van der Waals surface area contributed by atoms with E-state index in [1.807, 2.05) is 0 Å². The fraction of sp³-hybridized carbons (Fsp3) is 0.600. The molecule has 94 valence electrons. The summed E-state index contributed by atoms with van der Waals surface area (Å²) in [5.41, 5.74) is 2.80. The van der Waals surface area contributed by atoms with Crippen molar-refractivity contribution >= 4 is 11.6 Å². The van der Waals surface area contributed by atoms with Crippen LogP contribution < -0.4 is 0 Å². The third kappa shape index (κ3) is 3.23. The number of rotatable bonds is 3.